The van der Waals surface area contributed by atoms with Crippen molar-refractivity contribution in [2.75, 3.05) is 0 Å². The molecule has 0 aliphatic rings. The van der Waals surface area contributed by atoms with Gasteiger partial charge in [-0.2, -0.15) is 0 Å². The van der Waals surface area contributed by atoms with Gasteiger partial charge >= 0.3 is 0 Å². The Morgan fingerprint density at radius 2 is 1.00 bits per heavy atom. The lowest BCUT2D eigenvalue weighted by molar-refractivity contribution is 0.467. The van der Waals surface area contributed by atoms with E-state index in [1.165, 1.54) is 24.3 Å². The van der Waals surface area contributed by atoms with E-state index in [1.54, 1.807) is 24.3 Å². The topological polar surface area (TPSA) is 40.5 Å². The molecule has 0 fully saturated rings. The largest absolute Gasteiger partial charge is 0.506 e. The number of hydrogen-bond acceptors (Lipinski definition) is 2. The number of phenolic OH excluding ortho intramolecular Hbond substituents is 2. The first-order valence-corrected chi connectivity index (χ1v) is 9.17. The van der Waals surface area contributed by atoms with Crippen LogP contribution in [0.4, 0.5) is 8.78 Å². The summed E-state index contributed by atoms with van der Waals surface area (Å²) in [6.07, 6.45) is 0. The zero-order chi connectivity index (χ0) is 18.6. The highest BCUT2D eigenvalue weighted by Crippen LogP contribution is 2.49. The number of halogens is 4. The van der Waals surface area contributed by atoms with E-state index in [0.29, 0.717) is 41.6 Å². The average Bonchev–Trinajstić information content (AvgIpc) is 2.58. The molecule has 4 aromatic rings. The molecule has 0 bridgehead atoms. The van der Waals surface area contributed by atoms with Gasteiger partial charge in [0.1, 0.15) is 23.1 Å². The zero-order valence-corrected chi connectivity index (χ0v) is 16.2. The van der Waals surface area contributed by atoms with Crippen LogP contribution < -0.4 is 0 Å². The fourth-order valence-corrected chi connectivity index (χ4v) is 4.06. The van der Waals surface area contributed by atoms with Crippen LogP contribution >= 0.6 is 31.9 Å². The third kappa shape index (κ3) is 2.64. The molecule has 0 atom stereocenters. The summed E-state index contributed by atoms with van der Waals surface area (Å²) >= 11 is 6.56. The third-order valence-corrected chi connectivity index (χ3v) is 5.52. The lowest BCUT2D eigenvalue weighted by Gasteiger charge is -2.16. The van der Waals surface area contributed by atoms with E-state index in [1.807, 2.05) is 0 Å². The van der Waals surface area contributed by atoms with Crippen LogP contribution in [0.25, 0.3) is 32.7 Å². The van der Waals surface area contributed by atoms with Crippen LogP contribution in [-0.4, -0.2) is 10.2 Å². The summed E-state index contributed by atoms with van der Waals surface area (Å²) < 4.78 is 28.1. The van der Waals surface area contributed by atoms with Gasteiger partial charge in [0, 0.05) is 11.1 Å². The van der Waals surface area contributed by atoms with E-state index in [9.17, 15) is 19.0 Å². The second-order valence-corrected chi connectivity index (χ2v) is 7.60. The Morgan fingerprint density at radius 3 is 1.38 bits per heavy atom. The molecule has 0 heterocycles. The van der Waals surface area contributed by atoms with Crippen LogP contribution in [0.15, 0.2) is 57.5 Å². The summed E-state index contributed by atoms with van der Waals surface area (Å²) in [5.74, 6) is -1.01. The van der Waals surface area contributed by atoms with E-state index in [4.69, 9.17) is 0 Å². The molecule has 4 aromatic carbocycles. The van der Waals surface area contributed by atoms with Crippen molar-refractivity contribution in [1.82, 2.24) is 0 Å². The molecule has 0 radical (unpaired) electrons. The molecule has 0 unspecified atom stereocenters. The zero-order valence-electron chi connectivity index (χ0n) is 13.0. The lowest BCUT2D eigenvalue weighted by Crippen LogP contribution is -1.90. The van der Waals surface area contributed by atoms with Crippen LogP contribution in [0.5, 0.6) is 11.5 Å². The smallest absolute Gasteiger partial charge is 0.138 e. The summed E-state index contributed by atoms with van der Waals surface area (Å²) in [4.78, 5) is 0. The van der Waals surface area contributed by atoms with Gasteiger partial charge in [-0.15, -0.1) is 0 Å². The van der Waals surface area contributed by atoms with Gasteiger partial charge in [0.2, 0.25) is 0 Å². The van der Waals surface area contributed by atoms with E-state index in [-0.39, 0.29) is 11.5 Å². The molecule has 4 rings (SSSR count). The molecule has 0 saturated carbocycles. The maximum atomic E-state index is 13.7. The molecule has 0 spiro atoms. The number of rotatable bonds is 1. The standard InChI is InChI=1S/C20H10Br2F2O2/c21-15-7-9-5-11(23)1-3-13(9)17(19(15)25)18-14-4-2-12(24)6-10(14)8-16(22)20(18)26/h1-8,25-26H. The van der Waals surface area contributed by atoms with Crippen molar-refractivity contribution in [2.45, 2.75) is 0 Å². The van der Waals surface area contributed by atoms with Crippen LogP contribution in [0, 0.1) is 11.6 Å². The van der Waals surface area contributed by atoms with Gasteiger partial charge < -0.3 is 10.2 Å². The van der Waals surface area contributed by atoms with Gasteiger partial charge in [-0.25, -0.2) is 8.78 Å². The Morgan fingerprint density at radius 1 is 0.615 bits per heavy atom. The second kappa shape index (κ2) is 6.21. The first kappa shape index (κ1) is 17.2. The summed E-state index contributed by atoms with van der Waals surface area (Å²) in [5, 5.41) is 23.6. The van der Waals surface area contributed by atoms with E-state index < -0.39 is 11.6 Å². The molecule has 6 heteroatoms. The molecule has 0 saturated heterocycles. The molecule has 130 valence electrons. The van der Waals surface area contributed by atoms with Crippen LogP contribution in [0.3, 0.4) is 0 Å². The number of fused-ring (bicyclic) bond motifs is 2. The fourth-order valence-electron chi connectivity index (χ4n) is 3.17. The maximum Gasteiger partial charge on any atom is 0.138 e. The van der Waals surface area contributed by atoms with Crippen LogP contribution in [0.2, 0.25) is 0 Å². The molecule has 0 amide bonds. The minimum absolute atomic E-state index is 0.0943. The first-order valence-electron chi connectivity index (χ1n) is 7.58. The van der Waals surface area contributed by atoms with Crippen molar-refractivity contribution in [3.63, 3.8) is 0 Å². The monoisotopic (exact) mass is 478 g/mol. The molecule has 26 heavy (non-hydrogen) atoms. The molecule has 0 aliphatic heterocycles. The van der Waals surface area contributed by atoms with Gasteiger partial charge in [0.15, 0.2) is 0 Å². The van der Waals surface area contributed by atoms with Gasteiger partial charge in [-0.1, -0.05) is 12.1 Å². The first-order chi connectivity index (χ1) is 12.4. The van der Waals surface area contributed by atoms with E-state index >= 15 is 0 Å². The molecular weight excluding hydrogens is 470 g/mol. The Hall–Kier alpha value is -2.18. The Kier molecular flexibility index (Phi) is 4.12. The summed E-state index contributed by atoms with van der Waals surface area (Å²) in [7, 11) is 0. The molecule has 2 nitrogen and oxygen atoms in total. The second-order valence-electron chi connectivity index (χ2n) is 5.89. The fraction of sp³-hybridized carbons (Fsp3) is 0. The SMILES string of the molecule is Oc1c(Br)cc2cc(F)ccc2c1-c1c(O)c(Br)cc2cc(F)ccc12. The Labute approximate surface area is 164 Å². The predicted molar refractivity (Wildman–Crippen MR) is 106 cm³/mol. The van der Waals surface area contributed by atoms with Gasteiger partial charge in [0.25, 0.3) is 0 Å². The van der Waals surface area contributed by atoms with Gasteiger partial charge in [-0.3, -0.25) is 0 Å². The van der Waals surface area contributed by atoms with Crippen molar-refractivity contribution in [3.8, 4) is 22.6 Å². The summed E-state index contributed by atoms with van der Waals surface area (Å²) in [6, 6.07) is 11.6. The highest BCUT2D eigenvalue weighted by molar-refractivity contribution is 9.11. The predicted octanol–water partition coefficient (Wildman–Crippen LogP) is 6.87. The van der Waals surface area contributed by atoms with Crippen molar-refractivity contribution in [1.29, 1.82) is 0 Å². The molecule has 0 aromatic heterocycles. The maximum absolute atomic E-state index is 13.7. The highest BCUT2D eigenvalue weighted by Gasteiger charge is 2.21. The summed E-state index contributed by atoms with van der Waals surface area (Å²) in [6.45, 7) is 0. The Bertz CT molecular complexity index is 1110. The van der Waals surface area contributed by atoms with Crippen molar-refractivity contribution in [2.24, 2.45) is 0 Å². The Balaban J connectivity index is 2.24. The number of phenols is 2. The molecular formula is C20H10Br2F2O2. The van der Waals surface area contributed by atoms with Crippen molar-refractivity contribution >= 4 is 53.4 Å². The number of hydrogen-bond donors (Lipinski definition) is 2. The van der Waals surface area contributed by atoms with Gasteiger partial charge in [-0.05, 0) is 89.8 Å². The van der Waals surface area contributed by atoms with E-state index in [0.717, 1.165) is 0 Å². The van der Waals surface area contributed by atoms with Crippen LogP contribution in [-0.2, 0) is 0 Å². The van der Waals surface area contributed by atoms with Gasteiger partial charge in [0.05, 0.1) is 8.95 Å². The number of benzene rings is 4. The third-order valence-electron chi connectivity index (χ3n) is 4.31. The quantitative estimate of drug-likeness (QED) is 0.312. The van der Waals surface area contributed by atoms with Crippen molar-refractivity contribution < 1.29 is 19.0 Å². The number of aromatic hydroxyl groups is 2. The molecule has 0 aliphatic carbocycles. The lowest BCUT2D eigenvalue weighted by atomic mass is 9.92. The summed E-state index contributed by atoms with van der Waals surface area (Å²) in [5.41, 5.74) is 0.676. The highest BCUT2D eigenvalue weighted by atomic mass is 79.9. The minimum atomic E-state index is -0.411. The van der Waals surface area contributed by atoms with Crippen LogP contribution in [0.1, 0.15) is 0 Å². The average molecular weight is 480 g/mol. The van der Waals surface area contributed by atoms with E-state index in [2.05, 4.69) is 31.9 Å². The van der Waals surface area contributed by atoms with Crippen molar-refractivity contribution in [3.05, 3.63) is 69.1 Å². The molecule has 2 N–H and O–H groups in total. The minimum Gasteiger partial charge on any atom is -0.506 e. The normalized spacial score (nSPS) is 11.4.